The minimum atomic E-state index is 0.0582. The molecule has 4 heteroatoms. The predicted molar refractivity (Wildman–Crippen MR) is 67.3 cm³/mol. The van der Waals surface area contributed by atoms with E-state index in [2.05, 4.69) is 32.7 Å². The van der Waals surface area contributed by atoms with Crippen molar-refractivity contribution < 1.29 is 4.79 Å². The van der Waals surface area contributed by atoms with Crippen molar-refractivity contribution in [1.29, 1.82) is 0 Å². The lowest BCUT2D eigenvalue weighted by atomic mass is 10.1. The Bertz CT molecular complexity index is 510. The van der Waals surface area contributed by atoms with Gasteiger partial charge in [0, 0.05) is 17.1 Å². The number of carbonyl (C=O) groups is 1. The number of anilines is 1. The maximum atomic E-state index is 12.1. The zero-order valence-electron chi connectivity index (χ0n) is 8.90. The maximum absolute atomic E-state index is 12.1. The van der Waals surface area contributed by atoms with Crippen LogP contribution in [-0.2, 0) is 0 Å². The number of carbonyl (C=O) groups excluding carboxylic acids is 1. The molecule has 16 heavy (non-hydrogen) atoms. The number of benzene rings is 1. The summed E-state index contributed by atoms with van der Waals surface area (Å²) in [4.78, 5) is 18.5. The van der Waals surface area contributed by atoms with Crippen LogP contribution < -0.4 is 4.90 Å². The Labute approximate surface area is 102 Å². The van der Waals surface area contributed by atoms with Crippen molar-refractivity contribution in [3.05, 3.63) is 28.2 Å². The molecule has 0 fully saturated rings. The lowest BCUT2D eigenvalue weighted by molar-refractivity contribution is 0.106. The molecule has 0 spiro atoms. The summed E-state index contributed by atoms with van der Waals surface area (Å²) >= 11 is 3.40. The summed E-state index contributed by atoms with van der Waals surface area (Å²) < 4.78 is 0.938. The van der Waals surface area contributed by atoms with Crippen LogP contribution >= 0.6 is 15.9 Å². The van der Waals surface area contributed by atoms with E-state index in [1.54, 1.807) is 0 Å². The van der Waals surface area contributed by atoms with Crippen LogP contribution in [0.25, 0.3) is 0 Å². The molecule has 0 aromatic heterocycles. The molecule has 1 atom stereocenters. The van der Waals surface area contributed by atoms with Crippen molar-refractivity contribution in [2.45, 2.75) is 19.4 Å². The molecule has 0 saturated carbocycles. The normalized spacial score (nSPS) is 22.9. The third kappa shape index (κ3) is 1.26. The molecule has 1 aromatic rings. The second kappa shape index (κ2) is 3.42. The summed E-state index contributed by atoms with van der Waals surface area (Å²) in [6.45, 7) is 2.90. The van der Waals surface area contributed by atoms with Gasteiger partial charge >= 0.3 is 0 Å². The minimum Gasteiger partial charge on any atom is -0.320 e. The molecule has 3 rings (SSSR count). The number of nitrogens with zero attached hydrogens (tertiary/aromatic N) is 2. The van der Waals surface area contributed by atoms with Gasteiger partial charge < -0.3 is 4.90 Å². The molecular formula is C12H11BrN2O. The fraction of sp³-hybridized carbons (Fsp3) is 0.333. The summed E-state index contributed by atoms with van der Waals surface area (Å²) in [5, 5.41) is 0. The Morgan fingerprint density at radius 1 is 1.50 bits per heavy atom. The van der Waals surface area contributed by atoms with Gasteiger partial charge in [-0.1, -0.05) is 15.9 Å². The Hall–Kier alpha value is -1.16. The zero-order chi connectivity index (χ0) is 11.3. The fourth-order valence-electron chi connectivity index (χ4n) is 2.32. The first-order valence-electron chi connectivity index (χ1n) is 5.36. The lowest BCUT2D eigenvalue weighted by Crippen LogP contribution is -2.41. The van der Waals surface area contributed by atoms with Crippen LogP contribution in [0.15, 0.2) is 27.7 Å². The second-order valence-electron chi connectivity index (χ2n) is 4.20. The Kier molecular flexibility index (Phi) is 2.14. The topological polar surface area (TPSA) is 32.7 Å². The molecule has 3 nitrogen and oxygen atoms in total. The summed E-state index contributed by atoms with van der Waals surface area (Å²) in [6.07, 6.45) is 1.01. The summed E-state index contributed by atoms with van der Waals surface area (Å²) in [5.41, 5.74) is 1.76. The Morgan fingerprint density at radius 3 is 3.12 bits per heavy atom. The molecule has 0 saturated heterocycles. The van der Waals surface area contributed by atoms with Crippen LogP contribution in [0.2, 0.25) is 0 Å². The maximum Gasteiger partial charge on any atom is 0.230 e. The highest BCUT2D eigenvalue weighted by Crippen LogP contribution is 2.35. The average molecular weight is 279 g/mol. The predicted octanol–water partition coefficient (Wildman–Crippen LogP) is 2.64. The number of aliphatic imine (C=N–C) groups is 1. The molecule has 2 heterocycles. The van der Waals surface area contributed by atoms with E-state index < -0.39 is 0 Å². The van der Waals surface area contributed by atoms with E-state index in [0.717, 1.165) is 28.7 Å². The van der Waals surface area contributed by atoms with Gasteiger partial charge in [0.25, 0.3) is 0 Å². The average Bonchev–Trinajstić information content (AvgIpc) is 2.55. The van der Waals surface area contributed by atoms with E-state index in [9.17, 15) is 4.79 Å². The highest BCUT2D eigenvalue weighted by molar-refractivity contribution is 9.10. The number of halogens is 1. The third-order valence-electron chi connectivity index (χ3n) is 3.14. The highest BCUT2D eigenvalue weighted by atomic mass is 79.9. The van der Waals surface area contributed by atoms with Gasteiger partial charge in [0.2, 0.25) is 5.78 Å². The quantitative estimate of drug-likeness (QED) is 0.731. The van der Waals surface area contributed by atoms with E-state index >= 15 is 0 Å². The first-order valence-corrected chi connectivity index (χ1v) is 6.15. The molecule has 0 amide bonds. The number of rotatable bonds is 0. The highest BCUT2D eigenvalue weighted by Gasteiger charge is 2.38. The third-order valence-corrected chi connectivity index (χ3v) is 3.64. The van der Waals surface area contributed by atoms with Gasteiger partial charge in [-0.3, -0.25) is 9.79 Å². The Morgan fingerprint density at radius 2 is 2.31 bits per heavy atom. The number of hydrogen-bond donors (Lipinski definition) is 0. The number of Topliss-reactive ketones (excluding diaryl/α,β-unsaturated/α-hetero) is 1. The molecule has 0 N–H and O–H groups in total. The molecule has 82 valence electrons. The van der Waals surface area contributed by atoms with Gasteiger partial charge in [-0.2, -0.15) is 0 Å². The number of hydrogen-bond acceptors (Lipinski definition) is 3. The first kappa shape index (κ1) is 10.0. The van der Waals surface area contributed by atoms with Crippen LogP contribution in [-0.4, -0.2) is 24.2 Å². The van der Waals surface area contributed by atoms with Crippen LogP contribution in [0.3, 0.4) is 0 Å². The van der Waals surface area contributed by atoms with E-state index in [-0.39, 0.29) is 5.78 Å². The fourth-order valence-corrected chi connectivity index (χ4v) is 2.69. The van der Waals surface area contributed by atoms with Crippen LogP contribution in [0.4, 0.5) is 5.69 Å². The van der Waals surface area contributed by atoms with Crippen LogP contribution in [0.5, 0.6) is 0 Å². The van der Waals surface area contributed by atoms with Gasteiger partial charge in [0.1, 0.15) is 0 Å². The first-order chi connectivity index (χ1) is 7.68. The summed E-state index contributed by atoms with van der Waals surface area (Å²) in [7, 11) is 0. The lowest BCUT2D eigenvalue weighted by Gasteiger charge is -2.29. The molecular weight excluding hydrogens is 268 g/mol. The summed E-state index contributed by atoms with van der Waals surface area (Å²) in [6, 6.07) is 6.20. The molecule has 0 radical (unpaired) electrons. The van der Waals surface area contributed by atoms with Crippen molar-refractivity contribution in [3.63, 3.8) is 0 Å². The summed E-state index contributed by atoms with van der Waals surface area (Å²) in [5.74, 6) is 0.676. The van der Waals surface area contributed by atoms with Crippen LogP contribution in [0.1, 0.15) is 23.7 Å². The van der Waals surface area contributed by atoms with E-state index in [4.69, 9.17) is 0 Å². The molecule has 2 aliphatic rings. The molecule has 1 aromatic carbocycles. The largest absolute Gasteiger partial charge is 0.320 e. The zero-order valence-corrected chi connectivity index (χ0v) is 10.5. The van der Waals surface area contributed by atoms with Gasteiger partial charge in [-0.15, -0.1) is 0 Å². The van der Waals surface area contributed by atoms with E-state index in [1.165, 1.54) is 0 Å². The molecule has 1 unspecified atom stereocenters. The molecule has 0 aliphatic carbocycles. The molecule has 0 bridgehead atoms. The molecule has 2 aliphatic heterocycles. The number of ketones is 1. The van der Waals surface area contributed by atoms with E-state index in [1.807, 2.05) is 18.2 Å². The van der Waals surface area contributed by atoms with Crippen LogP contribution in [0, 0.1) is 0 Å². The van der Waals surface area contributed by atoms with Crippen molar-refractivity contribution in [1.82, 2.24) is 0 Å². The van der Waals surface area contributed by atoms with E-state index in [0.29, 0.717) is 11.9 Å². The van der Waals surface area contributed by atoms with Crippen molar-refractivity contribution in [2.24, 2.45) is 4.99 Å². The number of amidine groups is 1. The smallest absolute Gasteiger partial charge is 0.230 e. The van der Waals surface area contributed by atoms with Gasteiger partial charge in [0.05, 0.1) is 11.3 Å². The number of fused-ring (bicyclic) bond motifs is 3. The van der Waals surface area contributed by atoms with Crippen molar-refractivity contribution >= 4 is 33.2 Å². The monoisotopic (exact) mass is 278 g/mol. The standard InChI is InChI=1S/C12H11BrN2O/c1-7-4-5-14-12-11(16)9-6-8(13)2-3-10(9)15(7)12/h2-3,6-7H,4-5H2,1H3. The minimum absolute atomic E-state index is 0.0582. The Balaban J connectivity index is 2.21. The second-order valence-corrected chi connectivity index (χ2v) is 5.12. The van der Waals surface area contributed by atoms with Crippen molar-refractivity contribution in [2.75, 3.05) is 11.4 Å². The van der Waals surface area contributed by atoms with Crippen molar-refractivity contribution in [3.8, 4) is 0 Å². The van der Waals surface area contributed by atoms with Gasteiger partial charge in [-0.25, -0.2) is 0 Å². The van der Waals surface area contributed by atoms with Gasteiger partial charge in [-0.05, 0) is 31.5 Å². The van der Waals surface area contributed by atoms with Gasteiger partial charge in [0.15, 0.2) is 5.84 Å². The SMILES string of the molecule is CC1CCN=C2C(=O)c3cc(Br)ccc3N21.